The molecule has 78 valence electrons. The Labute approximate surface area is 89.5 Å². The van der Waals surface area contributed by atoms with Crippen molar-refractivity contribution < 1.29 is 14.6 Å². The topological polar surface area (TPSA) is 66.5 Å². The molecule has 1 aromatic carbocycles. The highest BCUT2D eigenvalue weighted by Crippen LogP contribution is 2.22. The van der Waals surface area contributed by atoms with Gasteiger partial charge in [-0.2, -0.15) is 0 Å². The molecule has 0 spiro atoms. The van der Waals surface area contributed by atoms with Crippen LogP contribution in [0.5, 0.6) is 0 Å². The van der Waals surface area contributed by atoms with Crippen molar-refractivity contribution in [1.82, 2.24) is 0 Å². The summed E-state index contributed by atoms with van der Waals surface area (Å²) in [6, 6.07) is 3.95. The van der Waals surface area contributed by atoms with E-state index in [4.69, 9.17) is 5.73 Å². The SMILES string of the molecule is Nc1ccc(C(O)C(O)CBr)c(F)c1. The molecule has 2 atom stereocenters. The molecule has 0 heterocycles. The molecular weight excluding hydrogens is 253 g/mol. The maximum atomic E-state index is 13.2. The molecule has 0 aliphatic rings. The highest BCUT2D eigenvalue weighted by molar-refractivity contribution is 9.09. The monoisotopic (exact) mass is 263 g/mol. The first-order valence-electron chi connectivity index (χ1n) is 4.03. The molecule has 0 aliphatic carbocycles. The first kappa shape index (κ1) is 11.4. The van der Waals surface area contributed by atoms with Crippen LogP contribution in [-0.2, 0) is 0 Å². The van der Waals surface area contributed by atoms with E-state index in [0.29, 0.717) is 0 Å². The van der Waals surface area contributed by atoms with Crippen LogP contribution in [0.4, 0.5) is 10.1 Å². The van der Waals surface area contributed by atoms with Gasteiger partial charge in [-0.3, -0.25) is 0 Å². The average Bonchev–Trinajstić information content (AvgIpc) is 2.15. The number of hydrogen-bond acceptors (Lipinski definition) is 3. The van der Waals surface area contributed by atoms with Gasteiger partial charge in [-0.25, -0.2) is 4.39 Å². The second-order valence-electron chi connectivity index (χ2n) is 2.95. The molecule has 0 radical (unpaired) electrons. The lowest BCUT2D eigenvalue weighted by atomic mass is 10.0. The summed E-state index contributed by atoms with van der Waals surface area (Å²) >= 11 is 2.99. The molecule has 0 amide bonds. The summed E-state index contributed by atoms with van der Waals surface area (Å²) < 4.78 is 13.2. The van der Waals surface area contributed by atoms with Crippen LogP contribution in [-0.4, -0.2) is 21.6 Å². The predicted molar refractivity (Wildman–Crippen MR) is 55.6 cm³/mol. The number of rotatable bonds is 3. The predicted octanol–water partition coefficient (Wildman–Crippen LogP) is 1.20. The molecule has 1 rings (SSSR count). The Kier molecular flexibility index (Phi) is 3.86. The molecule has 1 aromatic rings. The number of benzene rings is 1. The Morgan fingerprint density at radius 2 is 2.07 bits per heavy atom. The number of nitrogen functional groups attached to an aromatic ring is 1. The largest absolute Gasteiger partial charge is 0.399 e. The quantitative estimate of drug-likeness (QED) is 0.567. The van der Waals surface area contributed by atoms with Crippen LogP contribution in [0.1, 0.15) is 11.7 Å². The second-order valence-corrected chi connectivity index (χ2v) is 3.59. The fourth-order valence-electron chi connectivity index (χ4n) is 1.07. The molecule has 2 unspecified atom stereocenters. The Bertz CT molecular complexity index is 322. The number of aliphatic hydroxyl groups is 2. The minimum atomic E-state index is -1.24. The Morgan fingerprint density at radius 3 is 2.57 bits per heavy atom. The normalized spacial score (nSPS) is 15.1. The maximum Gasteiger partial charge on any atom is 0.131 e. The molecule has 0 bridgehead atoms. The third kappa shape index (κ3) is 2.43. The van der Waals surface area contributed by atoms with Crippen molar-refractivity contribution in [3.8, 4) is 0 Å². The summed E-state index contributed by atoms with van der Waals surface area (Å²) in [7, 11) is 0. The van der Waals surface area contributed by atoms with Crippen LogP contribution >= 0.6 is 15.9 Å². The molecule has 0 saturated heterocycles. The third-order valence-corrected chi connectivity index (χ3v) is 2.53. The number of nitrogens with two attached hydrogens (primary N) is 1. The summed E-state index contributed by atoms with van der Waals surface area (Å²) in [6.07, 6.45) is -2.27. The molecule has 3 nitrogen and oxygen atoms in total. The molecular formula is C9H11BrFNO2. The van der Waals surface area contributed by atoms with Gasteiger partial charge in [0.15, 0.2) is 0 Å². The third-order valence-electron chi connectivity index (χ3n) is 1.87. The van der Waals surface area contributed by atoms with Gasteiger partial charge in [0.1, 0.15) is 11.9 Å². The van der Waals surface area contributed by atoms with Gasteiger partial charge in [0, 0.05) is 16.6 Å². The highest BCUT2D eigenvalue weighted by atomic mass is 79.9. The summed E-state index contributed by atoms with van der Waals surface area (Å²) in [4.78, 5) is 0. The lowest BCUT2D eigenvalue weighted by Gasteiger charge is -2.16. The zero-order valence-corrected chi connectivity index (χ0v) is 8.91. The van der Waals surface area contributed by atoms with E-state index in [1.54, 1.807) is 0 Å². The van der Waals surface area contributed by atoms with Gasteiger partial charge < -0.3 is 15.9 Å². The van der Waals surface area contributed by atoms with Crippen molar-refractivity contribution in [3.63, 3.8) is 0 Å². The highest BCUT2D eigenvalue weighted by Gasteiger charge is 2.20. The Hall–Kier alpha value is -0.650. The summed E-state index contributed by atoms with van der Waals surface area (Å²) in [5.41, 5.74) is 5.67. The van der Waals surface area contributed by atoms with Crippen LogP contribution in [0.3, 0.4) is 0 Å². The molecule has 0 aliphatic heterocycles. The van der Waals surface area contributed by atoms with Crippen LogP contribution in [0.15, 0.2) is 18.2 Å². The van der Waals surface area contributed by atoms with Gasteiger partial charge in [-0.1, -0.05) is 22.0 Å². The van der Waals surface area contributed by atoms with Gasteiger partial charge in [-0.05, 0) is 12.1 Å². The molecule has 4 N–H and O–H groups in total. The minimum Gasteiger partial charge on any atom is -0.399 e. The molecule has 0 saturated carbocycles. The van der Waals surface area contributed by atoms with Crippen LogP contribution < -0.4 is 5.73 Å². The van der Waals surface area contributed by atoms with Gasteiger partial charge in [0.25, 0.3) is 0 Å². The molecule has 0 aromatic heterocycles. The first-order chi connectivity index (χ1) is 6.56. The van der Waals surface area contributed by atoms with E-state index in [0.717, 1.165) is 6.07 Å². The lowest BCUT2D eigenvalue weighted by molar-refractivity contribution is 0.0320. The van der Waals surface area contributed by atoms with E-state index in [1.807, 2.05) is 0 Å². The molecule has 5 heteroatoms. The van der Waals surface area contributed by atoms with E-state index in [9.17, 15) is 14.6 Å². The number of halogens is 2. The number of aliphatic hydroxyl groups excluding tert-OH is 2. The number of alkyl halides is 1. The average molecular weight is 264 g/mol. The summed E-state index contributed by atoms with van der Waals surface area (Å²) in [5, 5.41) is 19.0. The van der Waals surface area contributed by atoms with Crippen LogP contribution in [0, 0.1) is 5.82 Å². The number of hydrogen-bond donors (Lipinski definition) is 3. The Balaban J connectivity index is 2.95. The van der Waals surface area contributed by atoms with Crippen molar-refractivity contribution in [2.24, 2.45) is 0 Å². The van der Waals surface area contributed by atoms with Crippen molar-refractivity contribution in [1.29, 1.82) is 0 Å². The lowest BCUT2D eigenvalue weighted by Crippen LogP contribution is -2.20. The van der Waals surface area contributed by atoms with Crippen molar-refractivity contribution in [3.05, 3.63) is 29.6 Å². The van der Waals surface area contributed by atoms with E-state index in [-0.39, 0.29) is 16.6 Å². The van der Waals surface area contributed by atoms with E-state index in [1.165, 1.54) is 12.1 Å². The van der Waals surface area contributed by atoms with Gasteiger partial charge >= 0.3 is 0 Å². The summed E-state index contributed by atoms with van der Waals surface area (Å²) in [5.74, 6) is -0.613. The zero-order chi connectivity index (χ0) is 10.7. The van der Waals surface area contributed by atoms with Gasteiger partial charge in [-0.15, -0.1) is 0 Å². The van der Waals surface area contributed by atoms with E-state index >= 15 is 0 Å². The Morgan fingerprint density at radius 1 is 1.43 bits per heavy atom. The fraction of sp³-hybridized carbons (Fsp3) is 0.333. The molecule has 14 heavy (non-hydrogen) atoms. The standard InChI is InChI=1S/C9H11BrFNO2/c10-4-8(13)9(14)6-2-1-5(12)3-7(6)11/h1-3,8-9,13-14H,4,12H2. The molecule has 0 fully saturated rings. The zero-order valence-electron chi connectivity index (χ0n) is 7.32. The smallest absolute Gasteiger partial charge is 0.131 e. The number of anilines is 1. The van der Waals surface area contributed by atoms with E-state index < -0.39 is 18.0 Å². The van der Waals surface area contributed by atoms with Gasteiger partial charge in [0.2, 0.25) is 0 Å². The maximum absolute atomic E-state index is 13.2. The van der Waals surface area contributed by atoms with Crippen LogP contribution in [0.25, 0.3) is 0 Å². The fourth-order valence-corrected chi connectivity index (χ4v) is 1.43. The van der Waals surface area contributed by atoms with Crippen molar-refractivity contribution in [2.75, 3.05) is 11.1 Å². The second kappa shape index (κ2) is 4.72. The summed E-state index contributed by atoms with van der Waals surface area (Å²) in [6.45, 7) is 0. The van der Waals surface area contributed by atoms with Gasteiger partial charge in [0.05, 0.1) is 6.10 Å². The van der Waals surface area contributed by atoms with Crippen LogP contribution in [0.2, 0.25) is 0 Å². The minimum absolute atomic E-state index is 0.0474. The van der Waals surface area contributed by atoms with Crippen molar-refractivity contribution in [2.45, 2.75) is 12.2 Å². The van der Waals surface area contributed by atoms with Crippen molar-refractivity contribution >= 4 is 21.6 Å². The van der Waals surface area contributed by atoms with E-state index in [2.05, 4.69) is 15.9 Å². The first-order valence-corrected chi connectivity index (χ1v) is 5.15.